The predicted molar refractivity (Wildman–Crippen MR) is 78.9 cm³/mol. The number of hydrogen-bond donors (Lipinski definition) is 1. The largest absolute Gasteiger partial charge is 0.378 e. The molecule has 19 heavy (non-hydrogen) atoms. The molecule has 3 heteroatoms. The summed E-state index contributed by atoms with van der Waals surface area (Å²) in [5, 5.41) is 12.7. The lowest BCUT2D eigenvalue weighted by atomic mass is 9.88. The van der Waals surface area contributed by atoms with E-state index in [1.807, 2.05) is 0 Å². The van der Waals surface area contributed by atoms with Gasteiger partial charge in [0.05, 0.1) is 12.2 Å². The minimum Gasteiger partial charge on any atom is -0.378 e. The molecule has 0 saturated heterocycles. The molecule has 3 unspecified atom stereocenters. The van der Waals surface area contributed by atoms with Gasteiger partial charge in [0, 0.05) is 6.61 Å². The number of hydrogen-bond acceptors (Lipinski definition) is 3. The van der Waals surface area contributed by atoms with Gasteiger partial charge in [-0.2, -0.15) is 5.26 Å². The molecule has 1 aliphatic rings. The van der Waals surface area contributed by atoms with Gasteiger partial charge in [-0.05, 0) is 44.6 Å². The van der Waals surface area contributed by atoms with E-state index in [2.05, 4.69) is 32.2 Å². The fourth-order valence-electron chi connectivity index (χ4n) is 3.04. The van der Waals surface area contributed by atoms with Crippen molar-refractivity contribution in [1.82, 2.24) is 5.32 Å². The van der Waals surface area contributed by atoms with E-state index < -0.39 is 0 Å². The van der Waals surface area contributed by atoms with Crippen molar-refractivity contribution in [3.8, 4) is 6.07 Å². The summed E-state index contributed by atoms with van der Waals surface area (Å²) in [6.07, 6.45) is 8.35. The second-order valence-electron chi connectivity index (χ2n) is 5.85. The molecule has 1 N–H and O–H groups in total. The van der Waals surface area contributed by atoms with Gasteiger partial charge in [-0.15, -0.1) is 0 Å². The van der Waals surface area contributed by atoms with E-state index in [0.717, 1.165) is 32.4 Å². The van der Waals surface area contributed by atoms with Crippen LogP contribution in [0.2, 0.25) is 0 Å². The Hall–Kier alpha value is -0.590. The minimum atomic E-state index is -0.351. The summed E-state index contributed by atoms with van der Waals surface area (Å²) in [5.41, 5.74) is -0.351. The third-order valence-corrected chi connectivity index (χ3v) is 4.45. The fraction of sp³-hybridized carbons (Fsp3) is 0.938. The van der Waals surface area contributed by atoms with Gasteiger partial charge in [-0.1, -0.05) is 33.6 Å². The van der Waals surface area contributed by atoms with E-state index in [9.17, 15) is 5.26 Å². The first kappa shape index (κ1) is 16.5. The van der Waals surface area contributed by atoms with Gasteiger partial charge in [-0.25, -0.2) is 0 Å². The maximum atomic E-state index is 9.34. The molecular weight excluding hydrogens is 236 g/mol. The topological polar surface area (TPSA) is 45.0 Å². The number of nitrogens with zero attached hydrogens (tertiary/aromatic N) is 1. The van der Waals surface area contributed by atoms with Crippen LogP contribution >= 0.6 is 0 Å². The van der Waals surface area contributed by atoms with Crippen molar-refractivity contribution >= 4 is 0 Å². The van der Waals surface area contributed by atoms with E-state index in [1.54, 1.807) is 0 Å². The van der Waals surface area contributed by atoms with E-state index in [4.69, 9.17) is 4.74 Å². The molecule has 1 saturated carbocycles. The van der Waals surface area contributed by atoms with E-state index in [-0.39, 0.29) is 5.54 Å². The van der Waals surface area contributed by atoms with Crippen LogP contribution < -0.4 is 5.32 Å². The Morgan fingerprint density at radius 3 is 2.63 bits per heavy atom. The third kappa shape index (κ3) is 5.12. The van der Waals surface area contributed by atoms with Crippen LogP contribution in [0.1, 0.15) is 65.7 Å². The first-order valence-electron chi connectivity index (χ1n) is 7.95. The standard InChI is InChI=1S/C16H30N2O/c1-4-16(13-17,18-5-2)11-8-12-19-15-10-7-6-9-14(15)3/h14-15,18H,4-12H2,1-3H3. The number of rotatable bonds is 8. The van der Waals surface area contributed by atoms with Crippen LogP contribution in [0.4, 0.5) is 0 Å². The third-order valence-electron chi connectivity index (χ3n) is 4.45. The molecule has 0 bridgehead atoms. The molecule has 0 aromatic heterocycles. The fourth-order valence-corrected chi connectivity index (χ4v) is 3.04. The van der Waals surface area contributed by atoms with Crippen molar-refractivity contribution in [1.29, 1.82) is 5.26 Å². The van der Waals surface area contributed by atoms with Gasteiger partial charge in [0.2, 0.25) is 0 Å². The number of nitriles is 1. The van der Waals surface area contributed by atoms with Crippen LogP contribution in [-0.4, -0.2) is 24.8 Å². The van der Waals surface area contributed by atoms with Crippen molar-refractivity contribution in [2.24, 2.45) is 5.92 Å². The van der Waals surface area contributed by atoms with Crippen molar-refractivity contribution in [3.05, 3.63) is 0 Å². The quantitative estimate of drug-likeness (QED) is 0.682. The van der Waals surface area contributed by atoms with Gasteiger partial charge in [0.1, 0.15) is 5.54 Å². The summed E-state index contributed by atoms with van der Waals surface area (Å²) in [6, 6.07) is 2.45. The zero-order valence-corrected chi connectivity index (χ0v) is 12.9. The van der Waals surface area contributed by atoms with Crippen LogP contribution in [0.5, 0.6) is 0 Å². The molecular formula is C16H30N2O. The molecule has 0 heterocycles. The molecule has 3 atom stereocenters. The average molecular weight is 266 g/mol. The second kappa shape index (κ2) is 8.55. The van der Waals surface area contributed by atoms with E-state index in [0.29, 0.717) is 12.0 Å². The highest BCUT2D eigenvalue weighted by Gasteiger charge is 2.26. The summed E-state index contributed by atoms with van der Waals surface area (Å²) in [5.74, 6) is 0.703. The molecule has 110 valence electrons. The smallest absolute Gasteiger partial charge is 0.106 e. The van der Waals surface area contributed by atoms with E-state index in [1.165, 1.54) is 25.7 Å². The van der Waals surface area contributed by atoms with Crippen molar-refractivity contribution in [2.45, 2.75) is 77.4 Å². The molecule has 1 aliphatic carbocycles. The van der Waals surface area contributed by atoms with Gasteiger partial charge < -0.3 is 4.74 Å². The molecule has 0 radical (unpaired) electrons. The number of ether oxygens (including phenoxy) is 1. The first-order valence-corrected chi connectivity index (χ1v) is 7.95. The summed E-state index contributed by atoms with van der Waals surface area (Å²) >= 11 is 0. The Kier molecular flexibility index (Phi) is 7.41. The van der Waals surface area contributed by atoms with Crippen molar-refractivity contribution in [2.75, 3.05) is 13.2 Å². The van der Waals surface area contributed by atoms with E-state index >= 15 is 0 Å². The maximum absolute atomic E-state index is 9.34. The molecule has 3 nitrogen and oxygen atoms in total. The van der Waals surface area contributed by atoms with Gasteiger partial charge in [0.25, 0.3) is 0 Å². The SMILES string of the molecule is CCNC(C#N)(CC)CCCOC1CCCCC1C. The van der Waals surface area contributed by atoms with Crippen LogP contribution in [0.3, 0.4) is 0 Å². The Morgan fingerprint density at radius 2 is 2.05 bits per heavy atom. The summed E-state index contributed by atoms with van der Waals surface area (Å²) < 4.78 is 6.02. The predicted octanol–water partition coefficient (Wildman–Crippen LogP) is 3.64. The molecule has 0 amide bonds. The number of nitrogens with one attached hydrogen (secondary N) is 1. The zero-order valence-electron chi connectivity index (χ0n) is 12.9. The van der Waals surface area contributed by atoms with Crippen molar-refractivity contribution in [3.63, 3.8) is 0 Å². The lowest BCUT2D eigenvalue weighted by Crippen LogP contribution is -2.43. The highest BCUT2D eigenvalue weighted by atomic mass is 16.5. The molecule has 0 aromatic rings. The molecule has 0 aliphatic heterocycles. The molecule has 1 fully saturated rings. The lowest BCUT2D eigenvalue weighted by molar-refractivity contribution is -0.00786. The molecule has 1 rings (SSSR count). The monoisotopic (exact) mass is 266 g/mol. The Balaban J connectivity index is 2.26. The van der Waals surface area contributed by atoms with Crippen LogP contribution in [-0.2, 0) is 4.74 Å². The van der Waals surface area contributed by atoms with Crippen LogP contribution in [0, 0.1) is 17.2 Å². The first-order chi connectivity index (χ1) is 9.17. The van der Waals surface area contributed by atoms with Gasteiger partial charge in [-0.3, -0.25) is 5.32 Å². The minimum absolute atomic E-state index is 0.351. The second-order valence-corrected chi connectivity index (χ2v) is 5.85. The highest BCUT2D eigenvalue weighted by molar-refractivity contribution is 5.05. The Labute approximate surface area is 118 Å². The maximum Gasteiger partial charge on any atom is 0.106 e. The van der Waals surface area contributed by atoms with Crippen molar-refractivity contribution < 1.29 is 4.74 Å². The summed E-state index contributed by atoms with van der Waals surface area (Å²) in [6.45, 7) is 8.08. The Morgan fingerprint density at radius 1 is 1.32 bits per heavy atom. The Bertz CT molecular complexity index is 287. The van der Waals surface area contributed by atoms with Crippen LogP contribution in [0.25, 0.3) is 0 Å². The summed E-state index contributed by atoms with van der Waals surface area (Å²) in [4.78, 5) is 0. The molecule has 0 spiro atoms. The van der Waals surface area contributed by atoms with Gasteiger partial charge >= 0.3 is 0 Å². The van der Waals surface area contributed by atoms with Gasteiger partial charge in [0.15, 0.2) is 0 Å². The van der Waals surface area contributed by atoms with Crippen LogP contribution in [0.15, 0.2) is 0 Å². The molecule has 0 aromatic carbocycles. The zero-order chi connectivity index (χ0) is 14.1. The highest BCUT2D eigenvalue weighted by Crippen LogP contribution is 2.26. The normalized spacial score (nSPS) is 26.6. The summed E-state index contributed by atoms with van der Waals surface area (Å²) in [7, 11) is 0. The average Bonchev–Trinajstić information content (AvgIpc) is 2.44. The lowest BCUT2D eigenvalue weighted by Gasteiger charge is -2.30.